The van der Waals surface area contributed by atoms with Crippen LogP contribution in [0.1, 0.15) is 59.1 Å². The van der Waals surface area contributed by atoms with Crippen molar-refractivity contribution in [2.24, 2.45) is 0 Å². The molecule has 1 atom stereocenters. The van der Waals surface area contributed by atoms with E-state index in [0.29, 0.717) is 38.1 Å². The normalized spacial score (nSPS) is 17.5. The number of ether oxygens (including phenoxy) is 1. The number of benzene rings is 2. The number of carboxylic acids is 1. The number of phenolic OH excluding ortho intramolecular Hbond substituents is 1. The molecule has 2 aromatic carbocycles. The zero-order valence-electron chi connectivity index (χ0n) is 28.0. The topological polar surface area (TPSA) is 166 Å². The summed E-state index contributed by atoms with van der Waals surface area (Å²) in [7, 11) is 2.16. The molecule has 0 bridgehead atoms. The Morgan fingerprint density at radius 2 is 1.86 bits per heavy atom. The third-order valence-corrected chi connectivity index (χ3v) is 12.6. The largest absolute Gasteiger partial charge is 0.506 e. The van der Waals surface area contributed by atoms with Crippen LogP contribution >= 0.6 is 34.0 Å². The highest BCUT2D eigenvalue weighted by Crippen LogP contribution is 2.42. The van der Waals surface area contributed by atoms with E-state index in [1.165, 1.54) is 28.7 Å². The molecule has 0 amide bonds. The van der Waals surface area contributed by atoms with Gasteiger partial charge in [0, 0.05) is 31.2 Å². The number of hydrogen-bond acceptors (Lipinski definition) is 12. The number of hydrogen-bond donors (Lipinski definition) is 5. The maximum absolute atomic E-state index is 12.8. The van der Waals surface area contributed by atoms with E-state index in [2.05, 4.69) is 32.6 Å². The van der Waals surface area contributed by atoms with Crippen molar-refractivity contribution in [2.45, 2.75) is 69.0 Å². The second kappa shape index (κ2) is 15.3. The molecule has 1 fully saturated rings. The fourth-order valence-electron chi connectivity index (χ4n) is 7.02. The predicted molar refractivity (Wildman–Crippen MR) is 200 cm³/mol. The van der Waals surface area contributed by atoms with Crippen molar-refractivity contribution in [3.8, 4) is 5.75 Å². The number of aromatic hydroxyl groups is 1. The number of aliphatic hydroxyl groups is 1. The lowest BCUT2D eigenvalue weighted by atomic mass is 9.90. The molecule has 7 rings (SSSR count). The molecular formula is C36H40N6O6S3. The second-order valence-electron chi connectivity index (χ2n) is 13.0. The Hall–Kier alpha value is -3.96. The summed E-state index contributed by atoms with van der Waals surface area (Å²) < 4.78 is 9.05. The van der Waals surface area contributed by atoms with Gasteiger partial charge >= 0.3 is 10.8 Å². The fourth-order valence-corrected chi connectivity index (χ4v) is 9.75. The molecule has 0 radical (unpaired) electrons. The van der Waals surface area contributed by atoms with E-state index in [0.717, 1.165) is 73.1 Å². The lowest BCUT2D eigenvalue weighted by Gasteiger charge is -2.38. The first-order chi connectivity index (χ1) is 24.7. The van der Waals surface area contributed by atoms with Gasteiger partial charge in [-0.1, -0.05) is 40.8 Å². The van der Waals surface area contributed by atoms with E-state index in [-0.39, 0.29) is 23.3 Å². The summed E-state index contributed by atoms with van der Waals surface area (Å²) in [5.41, 5.74) is 2.25. The number of nitrogens with zero attached hydrogens (tertiary/aromatic N) is 4. The van der Waals surface area contributed by atoms with E-state index in [9.17, 15) is 24.9 Å². The van der Waals surface area contributed by atoms with Crippen LogP contribution in [-0.4, -0.2) is 78.4 Å². The van der Waals surface area contributed by atoms with Gasteiger partial charge < -0.3 is 35.3 Å². The molecule has 4 heterocycles. The van der Waals surface area contributed by atoms with E-state index in [1.807, 2.05) is 57.9 Å². The highest BCUT2D eigenvalue weighted by atomic mass is 32.1. The van der Waals surface area contributed by atoms with E-state index in [4.69, 9.17) is 4.74 Å². The molecule has 6 aromatic rings. The maximum atomic E-state index is 12.8. The van der Waals surface area contributed by atoms with Crippen molar-refractivity contribution >= 4 is 61.2 Å². The molecule has 0 saturated heterocycles. The Morgan fingerprint density at radius 1 is 1.12 bits per heavy atom. The van der Waals surface area contributed by atoms with Crippen LogP contribution in [0.25, 0.3) is 21.3 Å². The molecule has 4 aromatic heterocycles. The lowest BCUT2D eigenvalue weighted by molar-refractivity contribution is -0.170. The summed E-state index contributed by atoms with van der Waals surface area (Å²) in [5, 5.41) is 47.2. The maximum Gasteiger partial charge on any atom is 0.347 e. The summed E-state index contributed by atoms with van der Waals surface area (Å²) in [5.74, 6) is -0.987. The van der Waals surface area contributed by atoms with E-state index >= 15 is 0 Å². The molecule has 1 saturated carbocycles. The molecule has 0 aliphatic heterocycles. The Morgan fingerprint density at radius 3 is 2.55 bits per heavy atom. The van der Waals surface area contributed by atoms with Gasteiger partial charge in [0.2, 0.25) is 5.60 Å². The van der Waals surface area contributed by atoms with Crippen molar-refractivity contribution in [2.75, 3.05) is 20.1 Å². The van der Waals surface area contributed by atoms with Gasteiger partial charge in [0.1, 0.15) is 16.8 Å². The molecule has 1 aliphatic rings. The number of aromatic nitrogens is 4. The molecule has 0 unspecified atom stereocenters. The van der Waals surface area contributed by atoms with Crippen LogP contribution in [0.2, 0.25) is 0 Å². The second-order valence-corrected chi connectivity index (χ2v) is 15.9. The van der Waals surface area contributed by atoms with Crippen LogP contribution in [0.15, 0.2) is 70.2 Å². The third kappa shape index (κ3) is 7.37. The molecule has 51 heavy (non-hydrogen) atoms. The number of thiophene rings is 2. The van der Waals surface area contributed by atoms with Crippen molar-refractivity contribution in [3.63, 3.8) is 0 Å². The van der Waals surface area contributed by atoms with Crippen LogP contribution in [0.3, 0.4) is 0 Å². The monoisotopic (exact) mass is 748 g/mol. The third-order valence-electron chi connectivity index (χ3n) is 9.72. The number of carboxylic acid groups (broad SMARTS) is 1. The Bertz CT molecular complexity index is 2100. The van der Waals surface area contributed by atoms with Crippen LogP contribution < -0.4 is 10.2 Å². The standard InChI is InChI=1S/C36H40N6O6S3/c1-41(23-8-10-24(11-9-23)48-36(34(45)46,30-5-2-17-49-30)31-6-3-18-50-31)15-4-16-42-27-13-7-22(19-26(27)39-40-42)20-37-21-29(44)25-12-14-28(43)32-33(25)51-35(47)38-32/h2-3,5-7,12-14,17-19,23-24,29,37,43-44H,4,8-11,15-16,20-21H2,1H3,(H,38,47)(H,45,46)/t23-,24-,29-/m0/s1. The number of fused-ring (bicyclic) bond motifs is 2. The van der Waals surface area contributed by atoms with Gasteiger partial charge in [-0.15, -0.1) is 27.8 Å². The summed E-state index contributed by atoms with van der Waals surface area (Å²) in [6.45, 7) is 2.42. The first kappa shape index (κ1) is 35.4. The highest BCUT2D eigenvalue weighted by Gasteiger charge is 2.48. The van der Waals surface area contributed by atoms with Gasteiger partial charge in [0.05, 0.1) is 32.2 Å². The van der Waals surface area contributed by atoms with Crippen molar-refractivity contribution in [1.82, 2.24) is 30.2 Å². The zero-order chi connectivity index (χ0) is 35.5. The summed E-state index contributed by atoms with van der Waals surface area (Å²) >= 11 is 3.81. The fraction of sp³-hybridized carbons (Fsp3) is 0.389. The molecule has 0 spiro atoms. The van der Waals surface area contributed by atoms with Crippen LogP contribution in [0, 0.1) is 0 Å². The minimum absolute atomic E-state index is 0.0172. The molecule has 268 valence electrons. The Labute approximate surface area is 305 Å². The molecular weight excluding hydrogens is 709 g/mol. The van der Waals surface area contributed by atoms with E-state index in [1.54, 1.807) is 6.07 Å². The van der Waals surface area contributed by atoms with Gasteiger partial charge in [0.25, 0.3) is 0 Å². The van der Waals surface area contributed by atoms with Crippen LogP contribution in [0.5, 0.6) is 5.75 Å². The van der Waals surface area contributed by atoms with Crippen LogP contribution in [-0.2, 0) is 28.2 Å². The van der Waals surface area contributed by atoms with Gasteiger partial charge in [-0.3, -0.25) is 4.79 Å². The van der Waals surface area contributed by atoms with Crippen molar-refractivity contribution < 1.29 is 24.9 Å². The number of carbonyl (C=O) groups is 1. The van der Waals surface area contributed by atoms with Crippen LogP contribution in [0.4, 0.5) is 0 Å². The average Bonchev–Trinajstić information content (AvgIpc) is 3.96. The zero-order valence-corrected chi connectivity index (χ0v) is 30.5. The lowest BCUT2D eigenvalue weighted by Crippen LogP contribution is -2.44. The highest BCUT2D eigenvalue weighted by molar-refractivity contribution is 7.16. The smallest absolute Gasteiger partial charge is 0.347 e. The quantitative estimate of drug-likeness (QED) is 0.0885. The number of aromatic amines is 1. The number of thiazole rings is 1. The first-order valence-corrected chi connectivity index (χ1v) is 19.6. The number of aliphatic hydroxyl groups excluding tert-OH is 1. The summed E-state index contributed by atoms with van der Waals surface area (Å²) in [4.78, 5) is 30.7. The number of nitrogens with one attached hydrogen (secondary N) is 2. The van der Waals surface area contributed by atoms with Gasteiger partial charge in [0.15, 0.2) is 0 Å². The molecule has 12 nitrogen and oxygen atoms in total. The first-order valence-electron chi connectivity index (χ1n) is 17.0. The van der Waals surface area contributed by atoms with E-state index < -0.39 is 17.7 Å². The minimum Gasteiger partial charge on any atom is -0.506 e. The number of aryl methyl sites for hydroxylation is 1. The number of phenols is 1. The molecule has 1 aliphatic carbocycles. The molecule has 5 N–H and O–H groups in total. The number of H-pyrrole nitrogens is 1. The average molecular weight is 749 g/mol. The Balaban J connectivity index is 0.882. The van der Waals surface area contributed by atoms with Gasteiger partial charge in [-0.25, -0.2) is 9.48 Å². The van der Waals surface area contributed by atoms with Gasteiger partial charge in [-0.05, 0) is 92.4 Å². The number of aliphatic carboxylic acids is 1. The van der Waals surface area contributed by atoms with Gasteiger partial charge in [-0.2, -0.15) is 0 Å². The predicted octanol–water partition coefficient (Wildman–Crippen LogP) is 5.66. The molecule has 15 heteroatoms. The minimum atomic E-state index is -1.47. The Kier molecular flexibility index (Phi) is 10.7. The number of rotatable bonds is 15. The summed E-state index contributed by atoms with van der Waals surface area (Å²) in [6, 6.07) is 17.0. The SMILES string of the molecule is CN(CCCn1nnc2cc(CNC[C@H](O)c3ccc(O)c4[nH]c(=O)sc34)ccc21)[C@H]1CC[C@H](OC(C(=O)O)(c2cccs2)c2cccs2)CC1. The van der Waals surface area contributed by atoms with Crippen molar-refractivity contribution in [1.29, 1.82) is 0 Å². The van der Waals surface area contributed by atoms with Crippen molar-refractivity contribution in [3.05, 3.63) is 95.9 Å². The summed E-state index contributed by atoms with van der Waals surface area (Å²) in [6.07, 6.45) is 3.42.